The molecule has 2 aromatic rings. The number of amides is 1. The summed E-state index contributed by atoms with van der Waals surface area (Å²) < 4.78 is 16.6. The van der Waals surface area contributed by atoms with Crippen LogP contribution in [0.3, 0.4) is 0 Å². The molecule has 1 heterocycles. The molecular formula is C17H21BrN2O5. The van der Waals surface area contributed by atoms with Crippen molar-refractivity contribution in [1.29, 1.82) is 0 Å². The molecule has 1 aromatic heterocycles. The zero-order chi connectivity index (χ0) is 18.6. The third-order valence-corrected chi connectivity index (χ3v) is 3.69. The fourth-order valence-electron chi connectivity index (χ4n) is 2.11. The van der Waals surface area contributed by atoms with Gasteiger partial charge in [0.1, 0.15) is 17.2 Å². The number of ether oxygens (including phenoxy) is 2. The van der Waals surface area contributed by atoms with Gasteiger partial charge in [-0.25, -0.2) is 14.6 Å². The van der Waals surface area contributed by atoms with Crippen molar-refractivity contribution < 1.29 is 23.5 Å². The molecule has 0 aliphatic rings. The number of nitrogens with zero attached hydrogens (tertiary/aromatic N) is 1. The molecule has 2 rings (SSSR count). The summed E-state index contributed by atoms with van der Waals surface area (Å²) in [6.45, 7) is 7.11. The Labute approximate surface area is 154 Å². The van der Waals surface area contributed by atoms with Crippen LogP contribution in [0.4, 0.5) is 4.79 Å². The van der Waals surface area contributed by atoms with E-state index in [0.717, 1.165) is 4.47 Å². The molecule has 0 saturated heterocycles. The molecule has 1 atom stereocenters. The lowest BCUT2D eigenvalue weighted by molar-refractivity contribution is -0.145. The van der Waals surface area contributed by atoms with Gasteiger partial charge in [-0.1, -0.05) is 6.07 Å². The Kier molecular flexibility index (Phi) is 6.05. The zero-order valence-corrected chi connectivity index (χ0v) is 16.2. The molecule has 0 fully saturated rings. The number of hydrogen-bond donors (Lipinski definition) is 1. The van der Waals surface area contributed by atoms with Crippen molar-refractivity contribution in [1.82, 2.24) is 10.3 Å². The summed E-state index contributed by atoms with van der Waals surface area (Å²) in [5.41, 5.74) is 0.563. The fraction of sp³-hybridized carbons (Fsp3) is 0.471. The van der Waals surface area contributed by atoms with Crippen molar-refractivity contribution in [3.05, 3.63) is 28.6 Å². The number of carbonyl (C=O) groups excluding carboxylic acids is 2. The van der Waals surface area contributed by atoms with E-state index >= 15 is 0 Å². The second-order valence-corrected chi connectivity index (χ2v) is 7.20. The Morgan fingerprint density at radius 3 is 2.68 bits per heavy atom. The predicted octanol–water partition coefficient (Wildman–Crippen LogP) is 3.59. The lowest BCUT2D eigenvalue weighted by Gasteiger charge is -2.22. The van der Waals surface area contributed by atoms with Gasteiger partial charge in [0.2, 0.25) is 0 Å². The number of esters is 1. The van der Waals surface area contributed by atoms with Crippen LogP contribution in [0.2, 0.25) is 0 Å². The summed E-state index contributed by atoms with van der Waals surface area (Å²) in [6.07, 6.45) is -0.651. The van der Waals surface area contributed by atoms with Crippen molar-refractivity contribution in [3.8, 4) is 0 Å². The number of benzene rings is 1. The van der Waals surface area contributed by atoms with Crippen LogP contribution in [-0.4, -0.2) is 35.3 Å². The molecule has 0 aliphatic heterocycles. The number of carbonyl (C=O) groups is 2. The maximum atomic E-state index is 12.2. The molecule has 0 unspecified atom stereocenters. The van der Waals surface area contributed by atoms with Crippen molar-refractivity contribution in [3.63, 3.8) is 0 Å². The average Bonchev–Trinajstić information content (AvgIpc) is 2.89. The molecule has 0 saturated carbocycles. The Bertz CT molecular complexity index is 766. The van der Waals surface area contributed by atoms with E-state index in [1.165, 1.54) is 0 Å². The number of fused-ring (bicyclic) bond motifs is 1. The first kappa shape index (κ1) is 19.2. The number of oxazole rings is 1. The molecule has 0 aliphatic carbocycles. The van der Waals surface area contributed by atoms with Crippen LogP contribution in [-0.2, 0) is 20.7 Å². The van der Waals surface area contributed by atoms with Crippen LogP contribution in [0.1, 0.15) is 33.6 Å². The molecule has 1 amide bonds. The Morgan fingerprint density at radius 2 is 2.08 bits per heavy atom. The Hall–Kier alpha value is -2.09. The smallest absolute Gasteiger partial charge is 0.408 e. The van der Waals surface area contributed by atoms with Crippen LogP contribution in [0.25, 0.3) is 11.1 Å². The maximum Gasteiger partial charge on any atom is 0.408 e. The van der Waals surface area contributed by atoms with E-state index in [2.05, 4.69) is 26.2 Å². The minimum atomic E-state index is -0.957. The van der Waals surface area contributed by atoms with Crippen LogP contribution in [0, 0.1) is 0 Å². The summed E-state index contributed by atoms with van der Waals surface area (Å²) in [5.74, 6) is -0.259. The quantitative estimate of drug-likeness (QED) is 0.754. The molecule has 7 nitrogen and oxygen atoms in total. The summed E-state index contributed by atoms with van der Waals surface area (Å²) in [6, 6.07) is 4.48. The fourth-order valence-corrected chi connectivity index (χ4v) is 2.55. The van der Waals surface area contributed by atoms with E-state index in [1.54, 1.807) is 33.8 Å². The first-order valence-corrected chi connectivity index (χ1v) is 8.69. The maximum absolute atomic E-state index is 12.2. The number of para-hydroxylation sites is 1. The van der Waals surface area contributed by atoms with E-state index in [-0.39, 0.29) is 13.0 Å². The molecule has 1 aromatic carbocycles. The first-order chi connectivity index (χ1) is 11.7. The number of alkyl carbamates (subject to hydrolysis) is 1. The third kappa shape index (κ3) is 5.45. The summed E-state index contributed by atoms with van der Waals surface area (Å²) >= 11 is 3.40. The highest BCUT2D eigenvalue weighted by Gasteiger charge is 2.27. The van der Waals surface area contributed by atoms with Crippen molar-refractivity contribution >= 4 is 39.1 Å². The first-order valence-electron chi connectivity index (χ1n) is 7.89. The molecule has 0 radical (unpaired) electrons. The van der Waals surface area contributed by atoms with Gasteiger partial charge in [0, 0.05) is 4.47 Å². The number of nitrogens with one attached hydrogen (secondary N) is 1. The third-order valence-electron chi connectivity index (χ3n) is 3.05. The summed E-state index contributed by atoms with van der Waals surface area (Å²) in [4.78, 5) is 28.5. The highest BCUT2D eigenvalue weighted by atomic mass is 79.9. The van der Waals surface area contributed by atoms with Gasteiger partial charge >= 0.3 is 12.1 Å². The van der Waals surface area contributed by atoms with Crippen LogP contribution < -0.4 is 5.32 Å². The van der Waals surface area contributed by atoms with Crippen LogP contribution in [0.5, 0.6) is 0 Å². The minimum Gasteiger partial charge on any atom is -0.464 e. The van der Waals surface area contributed by atoms with Gasteiger partial charge in [-0.05, 0) is 55.8 Å². The number of halogens is 1. The van der Waals surface area contributed by atoms with E-state index < -0.39 is 23.7 Å². The van der Waals surface area contributed by atoms with Gasteiger partial charge in [0.25, 0.3) is 0 Å². The lowest BCUT2D eigenvalue weighted by atomic mass is 10.2. The largest absolute Gasteiger partial charge is 0.464 e. The van der Waals surface area contributed by atoms with Gasteiger partial charge in [-0.2, -0.15) is 0 Å². The van der Waals surface area contributed by atoms with Gasteiger partial charge in [-0.15, -0.1) is 0 Å². The second kappa shape index (κ2) is 7.86. The monoisotopic (exact) mass is 412 g/mol. The molecular weight excluding hydrogens is 392 g/mol. The summed E-state index contributed by atoms with van der Waals surface area (Å²) in [5, 5.41) is 2.52. The molecule has 136 valence electrons. The van der Waals surface area contributed by atoms with Gasteiger partial charge in [0.15, 0.2) is 11.5 Å². The highest BCUT2D eigenvalue weighted by molar-refractivity contribution is 9.10. The highest BCUT2D eigenvalue weighted by Crippen LogP contribution is 2.24. The zero-order valence-electron chi connectivity index (χ0n) is 14.6. The summed E-state index contributed by atoms with van der Waals surface area (Å²) in [7, 11) is 0. The van der Waals surface area contributed by atoms with E-state index in [9.17, 15) is 9.59 Å². The average molecular weight is 413 g/mol. The van der Waals surface area contributed by atoms with Gasteiger partial charge in [-0.3, -0.25) is 0 Å². The van der Waals surface area contributed by atoms with Crippen molar-refractivity contribution in [2.75, 3.05) is 6.61 Å². The Morgan fingerprint density at radius 1 is 1.36 bits per heavy atom. The Balaban J connectivity index is 2.18. The van der Waals surface area contributed by atoms with E-state index in [4.69, 9.17) is 13.9 Å². The number of hydrogen-bond acceptors (Lipinski definition) is 6. The molecule has 0 spiro atoms. The van der Waals surface area contributed by atoms with E-state index in [0.29, 0.717) is 17.0 Å². The number of rotatable bonds is 5. The van der Waals surface area contributed by atoms with Gasteiger partial charge < -0.3 is 19.2 Å². The molecule has 0 bridgehead atoms. The molecule has 25 heavy (non-hydrogen) atoms. The topological polar surface area (TPSA) is 90.7 Å². The molecule has 8 heteroatoms. The SMILES string of the molecule is CCOC(=O)[C@H](Cc1nc2c(Br)cccc2o1)NC(=O)OC(C)(C)C. The normalized spacial score (nSPS) is 12.7. The van der Waals surface area contributed by atoms with Gasteiger partial charge in [0.05, 0.1) is 13.0 Å². The predicted molar refractivity (Wildman–Crippen MR) is 95.2 cm³/mol. The van der Waals surface area contributed by atoms with Crippen LogP contribution in [0.15, 0.2) is 27.1 Å². The molecule has 1 N–H and O–H groups in total. The van der Waals surface area contributed by atoms with Crippen molar-refractivity contribution in [2.24, 2.45) is 0 Å². The standard InChI is InChI=1S/C17H21BrN2O5/c1-5-23-15(21)11(19-16(22)25-17(2,3)4)9-13-20-14-10(18)7-6-8-12(14)24-13/h6-8,11H,5,9H2,1-4H3,(H,19,22)/t11-/m0/s1. The van der Waals surface area contributed by atoms with E-state index in [1.807, 2.05) is 12.1 Å². The minimum absolute atomic E-state index is 0.0548. The second-order valence-electron chi connectivity index (χ2n) is 6.35. The van der Waals surface area contributed by atoms with Crippen molar-refractivity contribution in [2.45, 2.75) is 45.8 Å². The number of aromatic nitrogens is 1. The van der Waals surface area contributed by atoms with Crippen LogP contribution >= 0.6 is 15.9 Å². The lowest BCUT2D eigenvalue weighted by Crippen LogP contribution is -2.45.